The summed E-state index contributed by atoms with van der Waals surface area (Å²) in [6, 6.07) is 13.6. The Kier molecular flexibility index (Phi) is 5.43. The number of hydrogen-bond acceptors (Lipinski definition) is 3. The van der Waals surface area contributed by atoms with Gasteiger partial charge < -0.3 is 5.32 Å². The lowest BCUT2D eigenvalue weighted by Gasteiger charge is -2.02. The van der Waals surface area contributed by atoms with E-state index in [0.29, 0.717) is 6.54 Å². The number of nitro groups is 1. The van der Waals surface area contributed by atoms with Gasteiger partial charge in [-0.25, -0.2) is 0 Å². The van der Waals surface area contributed by atoms with Gasteiger partial charge in [0.1, 0.15) is 0 Å². The van der Waals surface area contributed by atoms with E-state index in [1.807, 2.05) is 24.3 Å². The molecule has 0 saturated heterocycles. The van der Waals surface area contributed by atoms with Crippen molar-refractivity contribution in [2.75, 3.05) is 0 Å². The summed E-state index contributed by atoms with van der Waals surface area (Å²) in [4.78, 5) is 21.8. The minimum absolute atomic E-state index is 0.0314. The number of hydrogen-bond donors (Lipinski definition) is 1. The quantitative estimate of drug-likeness (QED) is 0.502. The standard InChI is InChI=1S/C16H13BrN2O3/c17-15-4-2-1-3-13(15)7-10-16(20)18-11-12-5-8-14(9-6-12)19(21)22/h1-10H,11H2,(H,18,20). The first kappa shape index (κ1) is 15.9. The SMILES string of the molecule is O=C(C=Cc1ccccc1Br)NCc1ccc([N+](=O)[O-])cc1. The number of rotatable bonds is 5. The van der Waals surface area contributed by atoms with Crippen LogP contribution in [0.25, 0.3) is 6.08 Å². The molecule has 0 bridgehead atoms. The summed E-state index contributed by atoms with van der Waals surface area (Å²) < 4.78 is 0.911. The van der Waals surface area contributed by atoms with Gasteiger partial charge in [-0.15, -0.1) is 0 Å². The molecule has 22 heavy (non-hydrogen) atoms. The summed E-state index contributed by atoms with van der Waals surface area (Å²) in [5, 5.41) is 13.3. The summed E-state index contributed by atoms with van der Waals surface area (Å²) in [6.45, 7) is 0.317. The van der Waals surface area contributed by atoms with Gasteiger partial charge in [0.2, 0.25) is 5.91 Å². The van der Waals surface area contributed by atoms with Gasteiger partial charge in [-0.05, 0) is 23.3 Å². The molecule has 0 aliphatic rings. The zero-order chi connectivity index (χ0) is 15.9. The Balaban J connectivity index is 1.90. The summed E-state index contributed by atoms with van der Waals surface area (Å²) in [6.07, 6.45) is 3.17. The summed E-state index contributed by atoms with van der Waals surface area (Å²) in [7, 11) is 0. The van der Waals surface area contributed by atoms with Crippen molar-refractivity contribution in [2.24, 2.45) is 0 Å². The molecule has 0 unspecified atom stereocenters. The maximum Gasteiger partial charge on any atom is 0.269 e. The first-order chi connectivity index (χ1) is 10.6. The summed E-state index contributed by atoms with van der Waals surface area (Å²) >= 11 is 3.40. The van der Waals surface area contributed by atoms with Crippen molar-refractivity contribution < 1.29 is 9.72 Å². The van der Waals surface area contributed by atoms with Gasteiger partial charge in [-0.2, -0.15) is 0 Å². The third kappa shape index (κ3) is 4.53. The van der Waals surface area contributed by atoms with Crippen LogP contribution in [0.1, 0.15) is 11.1 Å². The topological polar surface area (TPSA) is 72.2 Å². The number of non-ortho nitro benzene ring substituents is 1. The van der Waals surface area contributed by atoms with Crippen molar-refractivity contribution >= 4 is 33.6 Å². The molecule has 2 aromatic carbocycles. The Morgan fingerprint density at radius 2 is 1.86 bits per heavy atom. The first-order valence-electron chi connectivity index (χ1n) is 6.50. The van der Waals surface area contributed by atoms with Gasteiger partial charge in [0, 0.05) is 29.2 Å². The molecular weight excluding hydrogens is 348 g/mol. The number of nitrogens with one attached hydrogen (secondary N) is 1. The Morgan fingerprint density at radius 1 is 1.18 bits per heavy atom. The minimum atomic E-state index is -0.456. The van der Waals surface area contributed by atoms with E-state index in [-0.39, 0.29) is 11.6 Å². The van der Waals surface area contributed by atoms with Gasteiger partial charge in [0.15, 0.2) is 0 Å². The highest BCUT2D eigenvalue weighted by molar-refractivity contribution is 9.10. The highest BCUT2D eigenvalue weighted by atomic mass is 79.9. The van der Waals surface area contributed by atoms with Crippen LogP contribution in [0.3, 0.4) is 0 Å². The number of carbonyl (C=O) groups excluding carboxylic acids is 1. The van der Waals surface area contributed by atoms with E-state index in [4.69, 9.17) is 0 Å². The second-order valence-corrected chi connectivity index (χ2v) is 5.35. The van der Waals surface area contributed by atoms with Crippen LogP contribution in [0.5, 0.6) is 0 Å². The lowest BCUT2D eigenvalue weighted by molar-refractivity contribution is -0.384. The molecule has 0 spiro atoms. The monoisotopic (exact) mass is 360 g/mol. The van der Waals surface area contributed by atoms with Crippen LogP contribution in [-0.2, 0) is 11.3 Å². The zero-order valence-corrected chi connectivity index (χ0v) is 13.1. The molecule has 0 saturated carbocycles. The average Bonchev–Trinajstić information content (AvgIpc) is 2.52. The van der Waals surface area contributed by atoms with E-state index in [0.717, 1.165) is 15.6 Å². The second-order valence-electron chi connectivity index (χ2n) is 4.50. The lowest BCUT2D eigenvalue weighted by atomic mass is 10.2. The predicted molar refractivity (Wildman–Crippen MR) is 88.1 cm³/mol. The van der Waals surface area contributed by atoms with Gasteiger partial charge in [0.05, 0.1) is 4.92 Å². The van der Waals surface area contributed by atoms with Crippen molar-refractivity contribution in [2.45, 2.75) is 6.54 Å². The van der Waals surface area contributed by atoms with Crippen LogP contribution in [-0.4, -0.2) is 10.8 Å². The van der Waals surface area contributed by atoms with Crippen LogP contribution in [0.2, 0.25) is 0 Å². The molecule has 0 aliphatic carbocycles. The van der Waals surface area contributed by atoms with E-state index in [1.165, 1.54) is 18.2 Å². The van der Waals surface area contributed by atoms with E-state index < -0.39 is 4.92 Å². The number of amides is 1. The van der Waals surface area contributed by atoms with Gasteiger partial charge in [0.25, 0.3) is 5.69 Å². The van der Waals surface area contributed by atoms with Crippen LogP contribution < -0.4 is 5.32 Å². The molecule has 0 heterocycles. The van der Waals surface area contributed by atoms with Gasteiger partial charge in [-0.3, -0.25) is 14.9 Å². The highest BCUT2D eigenvalue weighted by Gasteiger charge is 2.04. The molecule has 0 radical (unpaired) electrons. The third-order valence-electron chi connectivity index (χ3n) is 2.93. The van der Waals surface area contributed by atoms with E-state index in [1.54, 1.807) is 18.2 Å². The summed E-state index contributed by atoms with van der Waals surface area (Å²) in [5.41, 5.74) is 1.74. The fourth-order valence-corrected chi connectivity index (χ4v) is 2.18. The zero-order valence-electron chi connectivity index (χ0n) is 11.5. The van der Waals surface area contributed by atoms with Crippen LogP contribution in [0.4, 0.5) is 5.69 Å². The largest absolute Gasteiger partial charge is 0.348 e. The van der Waals surface area contributed by atoms with E-state index in [9.17, 15) is 14.9 Å². The van der Waals surface area contributed by atoms with Crippen molar-refractivity contribution in [1.82, 2.24) is 5.32 Å². The number of nitrogens with zero attached hydrogens (tertiary/aromatic N) is 1. The minimum Gasteiger partial charge on any atom is -0.348 e. The lowest BCUT2D eigenvalue weighted by Crippen LogP contribution is -2.20. The third-order valence-corrected chi connectivity index (χ3v) is 3.66. The van der Waals surface area contributed by atoms with E-state index in [2.05, 4.69) is 21.2 Å². The molecule has 0 aliphatic heterocycles. The number of benzene rings is 2. The second kappa shape index (κ2) is 7.51. The Labute approximate surface area is 135 Å². The van der Waals surface area contributed by atoms with Crippen molar-refractivity contribution in [1.29, 1.82) is 0 Å². The Morgan fingerprint density at radius 3 is 2.50 bits per heavy atom. The van der Waals surface area contributed by atoms with E-state index >= 15 is 0 Å². The molecule has 0 aromatic heterocycles. The van der Waals surface area contributed by atoms with Crippen molar-refractivity contribution in [3.8, 4) is 0 Å². The molecule has 2 aromatic rings. The Bertz CT molecular complexity index is 712. The molecule has 112 valence electrons. The first-order valence-corrected chi connectivity index (χ1v) is 7.29. The van der Waals surface area contributed by atoms with Crippen LogP contribution in [0.15, 0.2) is 59.1 Å². The van der Waals surface area contributed by atoms with Crippen molar-refractivity contribution in [3.63, 3.8) is 0 Å². The van der Waals surface area contributed by atoms with Crippen LogP contribution in [0, 0.1) is 10.1 Å². The van der Waals surface area contributed by atoms with Crippen LogP contribution >= 0.6 is 15.9 Å². The molecule has 0 fully saturated rings. The van der Waals surface area contributed by atoms with Crippen molar-refractivity contribution in [3.05, 3.63) is 80.3 Å². The normalized spacial score (nSPS) is 10.6. The number of halogens is 1. The fraction of sp³-hybridized carbons (Fsp3) is 0.0625. The number of nitro benzene ring substituents is 1. The molecule has 2 rings (SSSR count). The predicted octanol–water partition coefficient (Wildman–Crippen LogP) is 3.69. The molecule has 6 heteroatoms. The molecule has 1 amide bonds. The maximum absolute atomic E-state index is 11.8. The Hall–Kier alpha value is -2.47. The molecular formula is C16H13BrN2O3. The van der Waals surface area contributed by atoms with Gasteiger partial charge >= 0.3 is 0 Å². The average molecular weight is 361 g/mol. The maximum atomic E-state index is 11.8. The highest BCUT2D eigenvalue weighted by Crippen LogP contribution is 2.17. The number of carbonyl (C=O) groups is 1. The molecule has 5 nitrogen and oxygen atoms in total. The summed E-state index contributed by atoms with van der Waals surface area (Å²) in [5.74, 6) is -0.228. The molecule has 0 atom stereocenters. The smallest absolute Gasteiger partial charge is 0.269 e. The molecule has 1 N–H and O–H groups in total. The van der Waals surface area contributed by atoms with Gasteiger partial charge in [-0.1, -0.05) is 46.3 Å². The fourth-order valence-electron chi connectivity index (χ4n) is 1.76.